The standard InChI is InChI=1S/C9H9NO3/c1-3-7-4-8(10(11)12)6-9(5-7)13-2/h3-6H,1H2,2H3. The van der Waals surface area contributed by atoms with E-state index in [9.17, 15) is 10.1 Å². The van der Waals surface area contributed by atoms with Gasteiger partial charge in [-0.15, -0.1) is 0 Å². The maximum atomic E-state index is 10.5. The normalized spacial score (nSPS) is 9.31. The Balaban J connectivity index is 3.22. The van der Waals surface area contributed by atoms with Crippen LogP contribution in [0.3, 0.4) is 0 Å². The van der Waals surface area contributed by atoms with Gasteiger partial charge in [0.25, 0.3) is 5.69 Å². The molecule has 0 fully saturated rings. The van der Waals surface area contributed by atoms with E-state index in [0.717, 1.165) is 0 Å². The van der Waals surface area contributed by atoms with Gasteiger partial charge in [0.2, 0.25) is 0 Å². The Morgan fingerprint density at radius 1 is 1.54 bits per heavy atom. The van der Waals surface area contributed by atoms with Gasteiger partial charge in [-0.25, -0.2) is 0 Å². The Labute approximate surface area is 75.6 Å². The van der Waals surface area contributed by atoms with Gasteiger partial charge < -0.3 is 4.74 Å². The number of nitro groups is 1. The quantitative estimate of drug-likeness (QED) is 0.528. The van der Waals surface area contributed by atoms with Crippen molar-refractivity contribution in [3.8, 4) is 5.75 Å². The summed E-state index contributed by atoms with van der Waals surface area (Å²) in [7, 11) is 1.46. The van der Waals surface area contributed by atoms with Crippen molar-refractivity contribution in [1.29, 1.82) is 0 Å². The lowest BCUT2D eigenvalue weighted by atomic mass is 10.2. The zero-order valence-electron chi connectivity index (χ0n) is 7.19. The van der Waals surface area contributed by atoms with Crippen LogP contribution < -0.4 is 4.74 Å². The Morgan fingerprint density at radius 2 is 2.23 bits per heavy atom. The first-order valence-corrected chi connectivity index (χ1v) is 3.63. The Bertz CT molecular complexity index is 347. The van der Waals surface area contributed by atoms with E-state index >= 15 is 0 Å². The number of rotatable bonds is 3. The molecule has 0 N–H and O–H groups in total. The van der Waals surface area contributed by atoms with Gasteiger partial charge in [-0.1, -0.05) is 12.7 Å². The molecule has 0 heterocycles. The molecule has 0 saturated carbocycles. The fourth-order valence-electron chi connectivity index (χ4n) is 0.947. The maximum absolute atomic E-state index is 10.5. The number of hydrogen-bond donors (Lipinski definition) is 0. The molecule has 13 heavy (non-hydrogen) atoms. The summed E-state index contributed by atoms with van der Waals surface area (Å²) in [4.78, 5) is 9.99. The Hall–Kier alpha value is -1.84. The zero-order valence-corrected chi connectivity index (χ0v) is 7.19. The molecule has 0 amide bonds. The number of nitro benzene ring substituents is 1. The van der Waals surface area contributed by atoms with Crippen molar-refractivity contribution in [1.82, 2.24) is 0 Å². The number of nitrogens with zero attached hydrogens (tertiary/aromatic N) is 1. The molecule has 1 aromatic rings. The van der Waals surface area contributed by atoms with Crippen LogP contribution in [0, 0.1) is 10.1 Å². The molecule has 68 valence electrons. The van der Waals surface area contributed by atoms with Gasteiger partial charge >= 0.3 is 0 Å². The molecular weight excluding hydrogens is 170 g/mol. The summed E-state index contributed by atoms with van der Waals surface area (Å²) in [5, 5.41) is 10.5. The van der Waals surface area contributed by atoms with Crippen molar-refractivity contribution in [2.75, 3.05) is 7.11 Å². The molecule has 0 aliphatic rings. The number of methoxy groups -OCH3 is 1. The van der Waals surface area contributed by atoms with E-state index in [0.29, 0.717) is 11.3 Å². The van der Waals surface area contributed by atoms with Crippen LogP contribution in [0.4, 0.5) is 5.69 Å². The zero-order chi connectivity index (χ0) is 9.84. The molecule has 0 aromatic heterocycles. The van der Waals surface area contributed by atoms with Crippen molar-refractivity contribution in [3.05, 3.63) is 40.5 Å². The highest BCUT2D eigenvalue weighted by molar-refractivity contribution is 5.55. The van der Waals surface area contributed by atoms with Crippen LogP contribution in [0.2, 0.25) is 0 Å². The van der Waals surface area contributed by atoms with Crippen molar-refractivity contribution in [2.24, 2.45) is 0 Å². The molecule has 0 aliphatic heterocycles. The Morgan fingerprint density at radius 3 is 2.69 bits per heavy atom. The van der Waals surface area contributed by atoms with E-state index in [2.05, 4.69) is 6.58 Å². The third-order valence-corrected chi connectivity index (χ3v) is 1.60. The van der Waals surface area contributed by atoms with E-state index in [1.54, 1.807) is 6.07 Å². The van der Waals surface area contributed by atoms with Crippen LogP contribution in [0.1, 0.15) is 5.56 Å². The second-order valence-electron chi connectivity index (χ2n) is 2.43. The summed E-state index contributed by atoms with van der Waals surface area (Å²) >= 11 is 0. The molecule has 0 spiro atoms. The van der Waals surface area contributed by atoms with Gasteiger partial charge in [-0.3, -0.25) is 10.1 Å². The van der Waals surface area contributed by atoms with Gasteiger partial charge in [-0.05, 0) is 11.6 Å². The first kappa shape index (κ1) is 9.25. The summed E-state index contributed by atoms with van der Waals surface area (Å²) in [6, 6.07) is 4.49. The monoisotopic (exact) mass is 179 g/mol. The maximum Gasteiger partial charge on any atom is 0.273 e. The summed E-state index contributed by atoms with van der Waals surface area (Å²) in [5.74, 6) is 0.462. The fourth-order valence-corrected chi connectivity index (χ4v) is 0.947. The van der Waals surface area contributed by atoms with Crippen molar-refractivity contribution < 1.29 is 9.66 Å². The molecule has 0 atom stereocenters. The summed E-state index contributed by atoms with van der Waals surface area (Å²) in [6.07, 6.45) is 1.54. The molecule has 0 unspecified atom stereocenters. The minimum Gasteiger partial charge on any atom is -0.496 e. The third kappa shape index (κ3) is 2.05. The molecule has 1 rings (SSSR count). The first-order valence-electron chi connectivity index (χ1n) is 3.63. The lowest BCUT2D eigenvalue weighted by Crippen LogP contribution is -1.90. The minimum absolute atomic E-state index is 0.00856. The first-order chi connectivity index (χ1) is 6.17. The number of ether oxygens (including phenoxy) is 1. The molecule has 4 heteroatoms. The molecule has 0 saturated heterocycles. The Kier molecular flexibility index (Phi) is 2.64. The van der Waals surface area contributed by atoms with E-state index in [4.69, 9.17) is 4.74 Å². The smallest absolute Gasteiger partial charge is 0.273 e. The molecular formula is C9H9NO3. The van der Waals surface area contributed by atoms with Crippen LogP contribution in [0.25, 0.3) is 6.08 Å². The van der Waals surface area contributed by atoms with Crippen molar-refractivity contribution in [3.63, 3.8) is 0 Å². The van der Waals surface area contributed by atoms with Gasteiger partial charge in [0, 0.05) is 6.07 Å². The predicted molar refractivity (Wildman–Crippen MR) is 49.7 cm³/mol. The largest absolute Gasteiger partial charge is 0.496 e. The number of non-ortho nitro benzene ring substituents is 1. The van der Waals surface area contributed by atoms with Crippen LogP contribution >= 0.6 is 0 Å². The molecule has 0 radical (unpaired) electrons. The highest BCUT2D eigenvalue weighted by Crippen LogP contribution is 2.22. The number of hydrogen-bond acceptors (Lipinski definition) is 3. The van der Waals surface area contributed by atoms with Crippen molar-refractivity contribution in [2.45, 2.75) is 0 Å². The summed E-state index contributed by atoms with van der Waals surface area (Å²) < 4.78 is 4.90. The van der Waals surface area contributed by atoms with Gasteiger partial charge in [-0.2, -0.15) is 0 Å². The van der Waals surface area contributed by atoms with E-state index in [1.165, 1.54) is 25.3 Å². The highest BCUT2D eigenvalue weighted by Gasteiger charge is 2.08. The second-order valence-corrected chi connectivity index (χ2v) is 2.43. The predicted octanol–water partition coefficient (Wildman–Crippen LogP) is 2.25. The molecule has 0 aliphatic carbocycles. The summed E-state index contributed by atoms with van der Waals surface area (Å²) in [6.45, 7) is 3.53. The molecule has 4 nitrogen and oxygen atoms in total. The van der Waals surface area contributed by atoms with Crippen LogP contribution in [-0.4, -0.2) is 12.0 Å². The van der Waals surface area contributed by atoms with E-state index in [-0.39, 0.29) is 5.69 Å². The topological polar surface area (TPSA) is 52.4 Å². The minimum atomic E-state index is -0.463. The number of benzene rings is 1. The van der Waals surface area contributed by atoms with Crippen LogP contribution in [0.15, 0.2) is 24.8 Å². The van der Waals surface area contributed by atoms with Gasteiger partial charge in [0.05, 0.1) is 18.1 Å². The molecule has 1 aromatic carbocycles. The van der Waals surface area contributed by atoms with Gasteiger partial charge in [0.15, 0.2) is 0 Å². The second kappa shape index (κ2) is 3.71. The van der Waals surface area contributed by atoms with Gasteiger partial charge in [0.1, 0.15) is 5.75 Å². The summed E-state index contributed by atoms with van der Waals surface area (Å²) in [5.41, 5.74) is 0.681. The lowest BCUT2D eigenvalue weighted by molar-refractivity contribution is -0.384. The van der Waals surface area contributed by atoms with E-state index < -0.39 is 4.92 Å². The lowest BCUT2D eigenvalue weighted by Gasteiger charge is -2.00. The van der Waals surface area contributed by atoms with E-state index in [1.807, 2.05) is 0 Å². The van der Waals surface area contributed by atoms with Crippen LogP contribution in [0.5, 0.6) is 5.75 Å². The van der Waals surface area contributed by atoms with Crippen molar-refractivity contribution >= 4 is 11.8 Å². The third-order valence-electron chi connectivity index (χ3n) is 1.60. The SMILES string of the molecule is C=Cc1cc(OC)cc([N+](=O)[O-])c1. The van der Waals surface area contributed by atoms with Crippen LogP contribution in [-0.2, 0) is 0 Å². The highest BCUT2D eigenvalue weighted by atomic mass is 16.6. The average molecular weight is 179 g/mol. The fraction of sp³-hybridized carbons (Fsp3) is 0.111. The average Bonchev–Trinajstić information content (AvgIpc) is 2.16. The molecule has 0 bridgehead atoms.